The van der Waals surface area contributed by atoms with Gasteiger partial charge in [-0.2, -0.15) is 0 Å². The maximum absolute atomic E-state index is 12.4. The summed E-state index contributed by atoms with van der Waals surface area (Å²) in [6.07, 6.45) is 6.66. The first-order valence-corrected chi connectivity index (χ1v) is 11.6. The number of hydrogen-bond acceptors (Lipinski definition) is 8. The molecule has 10 nitrogen and oxygen atoms in total. The van der Waals surface area contributed by atoms with Crippen LogP contribution in [0.2, 0.25) is 0 Å². The zero-order valence-corrected chi connectivity index (χ0v) is 20.0. The number of methoxy groups -OCH3 is 1. The molecule has 0 aliphatic carbocycles. The normalized spacial score (nSPS) is 15.3. The number of piperidine rings is 1. The van der Waals surface area contributed by atoms with Gasteiger partial charge in [0.25, 0.3) is 5.91 Å². The van der Waals surface area contributed by atoms with Crippen molar-refractivity contribution in [3.8, 4) is 40.7 Å². The summed E-state index contributed by atoms with van der Waals surface area (Å²) in [5, 5.41) is 0. The highest BCUT2D eigenvalue weighted by Gasteiger charge is 2.29. The number of carbonyl (C=O) groups excluding carboxylic acids is 1. The summed E-state index contributed by atoms with van der Waals surface area (Å²) in [5.74, 6) is 7.68. The van der Waals surface area contributed by atoms with Gasteiger partial charge in [-0.05, 0) is 50.0 Å². The first-order chi connectivity index (χ1) is 17.6. The van der Waals surface area contributed by atoms with Crippen LogP contribution in [0, 0.1) is 11.8 Å². The summed E-state index contributed by atoms with van der Waals surface area (Å²) >= 11 is 0. The molecule has 0 radical (unpaired) electrons. The number of nitrogens with zero attached hydrogens (tertiary/aromatic N) is 6. The molecule has 2 N–H and O–H groups in total. The van der Waals surface area contributed by atoms with Gasteiger partial charge in [0.1, 0.15) is 17.2 Å². The number of hydrogen-bond donors (Lipinski definition) is 1. The van der Waals surface area contributed by atoms with E-state index in [1.165, 1.54) is 0 Å². The lowest BCUT2D eigenvalue weighted by atomic mass is 9.94. The van der Waals surface area contributed by atoms with Crippen molar-refractivity contribution in [3.63, 3.8) is 0 Å². The van der Waals surface area contributed by atoms with E-state index in [1.54, 1.807) is 60.1 Å². The molecule has 0 aromatic carbocycles. The second-order valence-electron chi connectivity index (χ2n) is 8.32. The van der Waals surface area contributed by atoms with Crippen molar-refractivity contribution in [1.29, 1.82) is 0 Å². The summed E-state index contributed by atoms with van der Waals surface area (Å²) in [5.41, 5.74) is 8.59. The monoisotopic (exact) mass is 483 g/mol. The molecule has 1 aliphatic heterocycles. The van der Waals surface area contributed by atoms with Crippen LogP contribution in [-0.2, 0) is 4.79 Å². The molecule has 5 heterocycles. The number of nitrogen functional groups attached to an aromatic ring is 1. The molecular weight excluding hydrogens is 458 g/mol. The minimum atomic E-state index is -0.157. The molecule has 0 spiro atoms. The van der Waals surface area contributed by atoms with Crippen LogP contribution < -0.4 is 15.2 Å². The predicted octanol–water partition coefficient (Wildman–Crippen LogP) is 3.30. The number of carbonyl (C=O) groups is 1. The molecule has 36 heavy (non-hydrogen) atoms. The van der Waals surface area contributed by atoms with E-state index < -0.39 is 0 Å². The SMILES string of the molecule is CC#CC(=O)N1CCCC(c2nc(-c3ccc(Oc4cc(OC)ccn4)cn3)n3c(N)nccc23)C1. The van der Waals surface area contributed by atoms with Crippen LogP contribution in [0.15, 0.2) is 48.9 Å². The Morgan fingerprint density at radius 2 is 2.00 bits per heavy atom. The third-order valence-electron chi connectivity index (χ3n) is 6.07. The molecule has 0 saturated carbocycles. The van der Waals surface area contributed by atoms with Gasteiger partial charge >= 0.3 is 0 Å². The molecule has 182 valence electrons. The maximum atomic E-state index is 12.4. The Bertz CT molecular complexity index is 1470. The van der Waals surface area contributed by atoms with Crippen LogP contribution in [0.3, 0.4) is 0 Å². The van der Waals surface area contributed by atoms with Gasteiger partial charge in [-0.3, -0.25) is 9.20 Å². The summed E-state index contributed by atoms with van der Waals surface area (Å²) in [6.45, 7) is 2.91. The van der Waals surface area contributed by atoms with Crippen LogP contribution >= 0.6 is 0 Å². The summed E-state index contributed by atoms with van der Waals surface area (Å²) in [7, 11) is 1.58. The highest BCUT2D eigenvalue weighted by atomic mass is 16.5. The van der Waals surface area contributed by atoms with E-state index in [0.29, 0.717) is 47.9 Å². The van der Waals surface area contributed by atoms with Crippen molar-refractivity contribution >= 4 is 17.4 Å². The van der Waals surface area contributed by atoms with E-state index in [4.69, 9.17) is 20.2 Å². The van der Waals surface area contributed by atoms with Crippen LogP contribution in [0.25, 0.3) is 17.0 Å². The Hall–Kier alpha value is -4.65. The lowest BCUT2D eigenvalue weighted by Crippen LogP contribution is -2.38. The molecule has 1 aliphatic rings. The fourth-order valence-electron chi connectivity index (χ4n) is 4.39. The molecular formula is C26H25N7O3. The number of rotatable bonds is 5. The van der Waals surface area contributed by atoms with E-state index in [0.717, 1.165) is 24.1 Å². The minimum absolute atomic E-state index is 0.0497. The van der Waals surface area contributed by atoms with Crippen molar-refractivity contribution in [1.82, 2.24) is 29.2 Å². The van der Waals surface area contributed by atoms with Gasteiger partial charge in [0.05, 0.1) is 24.5 Å². The van der Waals surface area contributed by atoms with E-state index >= 15 is 0 Å². The van der Waals surface area contributed by atoms with Gasteiger partial charge in [0.2, 0.25) is 11.8 Å². The number of likely N-dealkylation sites (tertiary alicyclic amines) is 1. The van der Waals surface area contributed by atoms with Gasteiger partial charge in [-0.25, -0.2) is 19.9 Å². The van der Waals surface area contributed by atoms with Gasteiger partial charge in [-0.1, -0.05) is 5.92 Å². The van der Waals surface area contributed by atoms with Crippen LogP contribution in [0.1, 0.15) is 31.4 Å². The number of imidazole rings is 1. The highest BCUT2D eigenvalue weighted by Crippen LogP contribution is 2.33. The van der Waals surface area contributed by atoms with Gasteiger partial charge in [0, 0.05) is 37.5 Å². The van der Waals surface area contributed by atoms with Crippen molar-refractivity contribution in [3.05, 3.63) is 54.6 Å². The molecule has 1 saturated heterocycles. The molecule has 4 aromatic rings. The number of amides is 1. The quantitative estimate of drug-likeness (QED) is 0.429. The van der Waals surface area contributed by atoms with E-state index in [-0.39, 0.29) is 11.8 Å². The van der Waals surface area contributed by atoms with E-state index in [9.17, 15) is 4.79 Å². The average molecular weight is 484 g/mol. The summed E-state index contributed by atoms with van der Waals surface area (Å²) < 4.78 is 12.8. The number of anilines is 1. The van der Waals surface area contributed by atoms with E-state index in [2.05, 4.69) is 26.8 Å². The second-order valence-corrected chi connectivity index (χ2v) is 8.32. The van der Waals surface area contributed by atoms with Crippen LogP contribution in [0.5, 0.6) is 17.4 Å². The molecule has 10 heteroatoms. The summed E-state index contributed by atoms with van der Waals surface area (Å²) in [4.78, 5) is 32.1. The Labute approximate surface area is 208 Å². The molecule has 4 aromatic heterocycles. The van der Waals surface area contributed by atoms with Crippen molar-refractivity contribution < 1.29 is 14.3 Å². The largest absolute Gasteiger partial charge is 0.497 e. The van der Waals surface area contributed by atoms with Crippen LogP contribution in [0.4, 0.5) is 5.95 Å². The predicted molar refractivity (Wildman–Crippen MR) is 133 cm³/mol. The van der Waals surface area contributed by atoms with Crippen LogP contribution in [-0.4, -0.2) is 55.3 Å². The van der Waals surface area contributed by atoms with E-state index in [1.807, 2.05) is 12.1 Å². The molecule has 1 amide bonds. The first-order valence-electron chi connectivity index (χ1n) is 11.6. The lowest BCUT2D eigenvalue weighted by Gasteiger charge is -2.30. The van der Waals surface area contributed by atoms with Gasteiger partial charge in [0.15, 0.2) is 5.82 Å². The minimum Gasteiger partial charge on any atom is -0.497 e. The number of pyridine rings is 2. The van der Waals surface area contributed by atoms with Gasteiger partial charge in [-0.15, -0.1) is 0 Å². The Balaban J connectivity index is 1.47. The Kier molecular flexibility index (Phi) is 6.36. The third kappa shape index (κ3) is 4.51. The number of fused-ring (bicyclic) bond motifs is 1. The lowest BCUT2D eigenvalue weighted by molar-refractivity contribution is -0.126. The molecule has 1 atom stereocenters. The Morgan fingerprint density at radius 1 is 1.14 bits per heavy atom. The van der Waals surface area contributed by atoms with Crippen molar-refractivity contribution in [2.75, 3.05) is 25.9 Å². The average Bonchev–Trinajstić information content (AvgIpc) is 3.30. The zero-order chi connectivity index (χ0) is 25.1. The molecule has 1 unspecified atom stereocenters. The van der Waals surface area contributed by atoms with Crippen molar-refractivity contribution in [2.45, 2.75) is 25.7 Å². The summed E-state index contributed by atoms with van der Waals surface area (Å²) in [6, 6.07) is 8.93. The Morgan fingerprint density at radius 3 is 2.78 bits per heavy atom. The number of ether oxygens (including phenoxy) is 2. The van der Waals surface area contributed by atoms with Crippen molar-refractivity contribution in [2.24, 2.45) is 0 Å². The second kappa shape index (κ2) is 9.92. The molecule has 1 fully saturated rings. The smallest absolute Gasteiger partial charge is 0.298 e. The standard InChI is InChI=1S/C26H25N7O3/c1-3-5-23(34)32-13-4-6-17(16-32)24-21-10-12-29-26(27)33(21)25(31-24)20-8-7-19(15-30-20)36-22-14-18(35-2)9-11-28-22/h7-12,14-15,17H,4,6,13,16H2,1-2H3,(H2,27,29). The third-order valence-corrected chi connectivity index (χ3v) is 6.07. The van der Waals surface area contributed by atoms with Gasteiger partial charge < -0.3 is 20.1 Å². The zero-order valence-electron chi connectivity index (χ0n) is 20.0. The molecule has 5 rings (SSSR count). The molecule has 0 bridgehead atoms. The number of nitrogens with two attached hydrogens (primary N) is 1. The fourth-order valence-corrected chi connectivity index (χ4v) is 4.39. The topological polar surface area (TPSA) is 121 Å². The first kappa shape index (κ1) is 23.1. The maximum Gasteiger partial charge on any atom is 0.298 e. The highest BCUT2D eigenvalue weighted by molar-refractivity contribution is 5.93. The fraction of sp³-hybridized carbons (Fsp3) is 0.269. The number of aromatic nitrogens is 5.